The van der Waals surface area contributed by atoms with Gasteiger partial charge in [-0.3, -0.25) is 4.79 Å². The molecule has 0 aliphatic carbocycles. The first-order valence-corrected chi connectivity index (χ1v) is 11.1. The lowest BCUT2D eigenvalue weighted by atomic mass is 9.93. The number of anilines is 1. The lowest BCUT2D eigenvalue weighted by Gasteiger charge is -2.29. The Bertz CT molecular complexity index is 1340. The Morgan fingerprint density at radius 2 is 1.94 bits per heavy atom. The predicted molar refractivity (Wildman–Crippen MR) is 129 cm³/mol. The van der Waals surface area contributed by atoms with Gasteiger partial charge in [0.15, 0.2) is 0 Å². The lowest BCUT2D eigenvalue weighted by molar-refractivity contribution is 0.122. The van der Waals surface area contributed by atoms with Gasteiger partial charge in [0.2, 0.25) is 0 Å². The van der Waals surface area contributed by atoms with Crippen molar-refractivity contribution < 1.29 is 4.74 Å². The molecule has 1 aliphatic rings. The number of H-pyrrole nitrogens is 1. The van der Waals surface area contributed by atoms with Crippen LogP contribution in [0.1, 0.15) is 19.4 Å². The molecule has 3 aromatic heterocycles. The van der Waals surface area contributed by atoms with Crippen LogP contribution in [0.15, 0.2) is 65.8 Å². The summed E-state index contributed by atoms with van der Waals surface area (Å²) in [7, 11) is 0. The molecular weight excluding hydrogens is 424 g/mol. The van der Waals surface area contributed by atoms with Gasteiger partial charge in [-0.2, -0.15) is 0 Å². The summed E-state index contributed by atoms with van der Waals surface area (Å²) in [5.74, 6) is 0. The van der Waals surface area contributed by atoms with Crippen LogP contribution in [0.2, 0.25) is 5.02 Å². The zero-order valence-corrected chi connectivity index (χ0v) is 18.9. The van der Waals surface area contributed by atoms with E-state index < -0.39 is 5.54 Å². The summed E-state index contributed by atoms with van der Waals surface area (Å²) >= 11 is 6.19. The Kier molecular flexibility index (Phi) is 5.27. The van der Waals surface area contributed by atoms with Gasteiger partial charge < -0.3 is 19.2 Å². The van der Waals surface area contributed by atoms with E-state index in [9.17, 15) is 4.79 Å². The fourth-order valence-electron chi connectivity index (χ4n) is 4.34. The minimum absolute atomic E-state index is 0.0703. The molecule has 0 spiro atoms. The van der Waals surface area contributed by atoms with Gasteiger partial charge in [-0.05, 0) is 49.2 Å². The van der Waals surface area contributed by atoms with E-state index in [1.165, 1.54) is 0 Å². The van der Waals surface area contributed by atoms with Crippen molar-refractivity contribution in [2.24, 2.45) is 0 Å². The molecule has 7 heteroatoms. The van der Waals surface area contributed by atoms with Gasteiger partial charge in [0, 0.05) is 47.5 Å². The summed E-state index contributed by atoms with van der Waals surface area (Å²) < 4.78 is 7.21. The Balaban J connectivity index is 1.53. The summed E-state index contributed by atoms with van der Waals surface area (Å²) in [6, 6.07) is 13.5. The molecule has 0 radical (unpaired) electrons. The van der Waals surface area contributed by atoms with Gasteiger partial charge in [0.25, 0.3) is 5.56 Å². The Morgan fingerprint density at radius 3 is 2.69 bits per heavy atom. The van der Waals surface area contributed by atoms with E-state index in [1.807, 2.05) is 62.8 Å². The Morgan fingerprint density at radius 1 is 1.12 bits per heavy atom. The number of morpholine rings is 1. The highest BCUT2D eigenvalue weighted by molar-refractivity contribution is 6.30. The molecule has 1 aromatic carbocycles. The van der Waals surface area contributed by atoms with Crippen molar-refractivity contribution in [1.82, 2.24) is 14.5 Å². The van der Waals surface area contributed by atoms with Crippen molar-refractivity contribution in [2.75, 3.05) is 31.2 Å². The van der Waals surface area contributed by atoms with Gasteiger partial charge in [-0.25, -0.2) is 4.98 Å². The van der Waals surface area contributed by atoms with E-state index >= 15 is 0 Å². The summed E-state index contributed by atoms with van der Waals surface area (Å²) in [6.07, 6.45) is 5.66. The second kappa shape index (κ2) is 8.11. The molecule has 1 aliphatic heterocycles. The van der Waals surface area contributed by atoms with E-state index in [-0.39, 0.29) is 5.56 Å². The maximum atomic E-state index is 13.2. The van der Waals surface area contributed by atoms with Crippen LogP contribution >= 0.6 is 11.6 Å². The van der Waals surface area contributed by atoms with Gasteiger partial charge in [0.05, 0.1) is 30.6 Å². The average Bonchev–Trinajstić information content (AvgIpc) is 3.23. The molecule has 1 N–H and O–H groups in total. The number of fused-ring (bicyclic) bond motifs is 1. The number of rotatable bonds is 4. The number of hydrogen-bond donors (Lipinski definition) is 1. The summed E-state index contributed by atoms with van der Waals surface area (Å²) in [4.78, 5) is 23.3. The maximum Gasteiger partial charge on any atom is 0.251 e. The summed E-state index contributed by atoms with van der Waals surface area (Å²) in [5.41, 5.74) is 4.07. The number of aromatic amines is 1. The van der Waals surface area contributed by atoms with Gasteiger partial charge in [-0.15, -0.1) is 0 Å². The molecule has 0 amide bonds. The molecule has 32 heavy (non-hydrogen) atoms. The third-order valence-corrected chi connectivity index (χ3v) is 6.49. The van der Waals surface area contributed by atoms with E-state index in [2.05, 4.69) is 20.9 Å². The topological polar surface area (TPSA) is 63.1 Å². The third kappa shape index (κ3) is 3.70. The molecule has 0 unspecified atom stereocenters. The van der Waals surface area contributed by atoms with Gasteiger partial charge >= 0.3 is 0 Å². The number of nitrogens with one attached hydrogen (secondary N) is 1. The second-order valence-electron chi connectivity index (χ2n) is 8.58. The molecule has 4 aromatic rings. The smallest absolute Gasteiger partial charge is 0.251 e. The van der Waals surface area contributed by atoms with E-state index in [0.717, 1.165) is 59.7 Å². The SMILES string of the molecule is CC(C)(c1cccc(Cl)c1)n1ccc(-c2c[nH]c3ncc(N4CCOCC4)cc23)cc1=O. The van der Waals surface area contributed by atoms with Crippen molar-refractivity contribution >= 4 is 28.3 Å². The molecular formula is C25H25ClN4O2. The maximum absolute atomic E-state index is 13.2. The standard InChI is InChI=1S/C25H25ClN4O2/c1-25(2,18-4-3-5-19(26)13-18)30-7-6-17(12-23(30)31)22-16-28-24-21(22)14-20(15-27-24)29-8-10-32-11-9-29/h3-7,12-16H,8-11H2,1-2H3,(H,27,28). The van der Waals surface area contributed by atoms with Crippen molar-refractivity contribution in [3.63, 3.8) is 0 Å². The highest BCUT2D eigenvalue weighted by atomic mass is 35.5. The second-order valence-corrected chi connectivity index (χ2v) is 9.02. The van der Waals surface area contributed by atoms with Crippen LogP contribution < -0.4 is 10.5 Å². The van der Waals surface area contributed by atoms with Gasteiger partial charge in [0.1, 0.15) is 5.65 Å². The molecule has 1 saturated heterocycles. The number of aromatic nitrogens is 3. The number of nitrogens with zero attached hydrogens (tertiary/aromatic N) is 3. The zero-order valence-electron chi connectivity index (χ0n) is 18.1. The fourth-order valence-corrected chi connectivity index (χ4v) is 4.53. The fraction of sp³-hybridized carbons (Fsp3) is 0.280. The quantitative estimate of drug-likeness (QED) is 0.493. The molecule has 4 heterocycles. The Labute approximate surface area is 191 Å². The number of hydrogen-bond acceptors (Lipinski definition) is 4. The third-order valence-electron chi connectivity index (χ3n) is 6.26. The monoisotopic (exact) mass is 448 g/mol. The number of benzene rings is 1. The minimum atomic E-state index is -0.536. The molecule has 6 nitrogen and oxygen atoms in total. The van der Waals surface area contributed by atoms with E-state index in [1.54, 1.807) is 10.6 Å². The number of pyridine rings is 2. The van der Waals surface area contributed by atoms with Crippen LogP contribution in [-0.2, 0) is 10.3 Å². The number of ether oxygens (including phenoxy) is 1. The summed E-state index contributed by atoms with van der Waals surface area (Å²) in [6.45, 7) is 7.18. The zero-order chi connectivity index (χ0) is 22.3. The molecule has 1 fully saturated rings. The van der Waals surface area contributed by atoms with Gasteiger partial charge in [-0.1, -0.05) is 23.7 Å². The van der Waals surface area contributed by atoms with Crippen LogP contribution in [0.3, 0.4) is 0 Å². The van der Waals surface area contributed by atoms with Crippen LogP contribution in [0.5, 0.6) is 0 Å². The van der Waals surface area contributed by atoms with Crippen molar-refractivity contribution in [2.45, 2.75) is 19.4 Å². The normalized spacial score (nSPS) is 14.8. The van der Waals surface area contributed by atoms with Crippen LogP contribution in [-0.4, -0.2) is 40.8 Å². The Hall–Kier alpha value is -3.09. The van der Waals surface area contributed by atoms with E-state index in [0.29, 0.717) is 5.02 Å². The average molecular weight is 449 g/mol. The first-order chi connectivity index (χ1) is 15.4. The highest BCUT2D eigenvalue weighted by Gasteiger charge is 2.24. The number of halogens is 1. The highest BCUT2D eigenvalue weighted by Crippen LogP contribution is 2.31. The largest absolute Gasteiger partial charge is 0.378 e. The van der Waals surface area contributed by atoms with Crippen molar-refractivity contribution in [1.29, 1.82) is 0 Å². The minimum Gasteiger partial charge on any atom is -0.378 e. The molecule has 0 atom stereocenters. The first-order valence-electron chi connectivity index (χ1n) is 10.7. The van der Waals surface area contributed by atoms with Crippen LogP contribution in [0.25, 0.3) is 22.2 Å². The molecule has 0 saturated carbocycles. The van der Waals surface area contributed by atoms with Crippen molar-refractivity contribution in [3.8, 4) is 11.1 Å². The van der Waals surface area contributed by atoms with Crippen LogP contribution in [0, 0.1) is 0 Å². The van der Waals surface area contributed by atoms with E-state index in [4.69, 9.17) is 16.3 Å². The lowest BCUT2D eigenvalue weighted by Crippen LogP contribution is -2.36. The molecule has 0 bridgehead atoms. The van der Waals surface area contributed by atoms with Crippen molar-refractivity contribution in [3.05, 3.63) is 82.0 Å². The molecule has 5 rings (SSSR count). The molecule has 164 valence electrons. The van der Waals surface area contributed by atoms with Crippen LogP contribution in [0.4, 0.5) is 5.69 Å². The summed E-state index contributed by atoms with van der Waals surface area (Å²) in [5, 5.41) is 1.66. The first kappa shape index (κ1) is 20.8. The predicted octanol–water partition coefficient (Wildman–Crippen LogP) is 4.67.